The Bertz CT molecular complexity index is 639. The molecule has 0 spiro atoms. The molecule has 22 heavy (non-hydrogen) atoms. The molecule has 1 aromatic rings. The fourth-order valence-electron chi connectivity index (χ4n) is 2.26. The summed E-state index contributed by atoms with van der Waals surface area (Å²) < 4.78 is 29.8. The molecule has 8 heteroatoms. The van der Waals surface area contributed by atoms with E-state index < -0.39 is 20.8 Å². The number of aromatic nitrogens is 2. The third-order valence-corrected chi connectivity index (χ3v) is 5.70. The number of carbonyl (C=O) groups is 1. The smallest absolute Gasteiger partial charge is 0.241 e. The van der Waals surface area contributed by atoms with Crippen LogP contribution in [0.15, 0.2) is 4.52 Å². The quantitative estimate of drug-likeness (QED) is 0.826. The fourth-order valence-corrected chi connectivity index (χ4v) is 3.43. The average Bonchev–Trinajstić information content (AvgIpc) is 3.06. The van der Waals surface area contributed by atoms with Crippen LogP contribution < -0.4 is 0 Å². The van der Waals surface area contributed by atoms with Crippen molar-refractivity contribution in [1.29, 1.82) is 0 Å². The van der Waals surface area contributed by atoms with Crippen LogP contribution in [0.25, 0.3) is 0 Å². The van der Waals surface area contributed by atoms with E-state index in [1.54, 1.807) is 4.90 Å². The maximum Gasteiger partial charge on any atom is 0.241 e. The Morgan fingerprint density at radius 2 is 1.91 bits per heavy atom. The first-order chi connectivity index (χ1) is 10.1. The van der Waals surface area contributed by atoms with E-state index in [1.165, 1.54) is 6.92 Å². The Kier molecular flexibility index (Phi) is 4.60. The molecule has 1 atom stereocenters. The molecule has 0 radical (unpaired) electrons. The summed E-state index contributed by atoms with van der Waals surface area (Å²) in [5.41, 5.74) is -0.317. The Hall–Kier alpha value is -1.44. The zero-order valence-electron chi connectivity index (χ0n) is 13.5. The molecular weight excluding hydrogens is 306 g/mol. The van der Waals surface area contributed by atoms with Crippen LogP contribution >= 0.6 is 0 Å². The Balaban J connectivity index is 2.10. The molecule has 0 aromatic carbocycles. The van der Waals surface area contributed by atoms with E-state index in [2.05, 4.69) is 10.1 Å². The van der Waals surface area contributed by atoms with Crippen molar-refractivity contribution in [3.63, 3.8) is 0 Å². The van der Waals surface area contributed by atoms with Crippen LogP contribution in [0.2, 0.25) is 0 Å². The van der Waals surface area contributed by atoms with Gasteiger partial charge in [0.1, 0.15) is 11.0 Å². The number of sulfone groups is 1. The maximum absolute atomic E-state index is 12.4. The number of likely N-dealkylation sites (tertiary alicyclic amines) is 1. The molecule has 0 unspecified atom stereocenters. The minimum Gasteiger partial charge on any atom is -0.342 e. The molecule has 1 fully saturated rings. The molecular formula is C14H23N3O4S. The third kappa shape index (κ3) is 3.66. The fraction of sp³-hybridized carbons (Fsp3) is 0.786. The summed E-state index contributed by atoms with van der Waals surface area (Å²) >= 11 is 0. The van der Waals surface area contributed by atoms with Crippen molar-refractivity contribution in [3.05, 3.63) is 11.7 Å². The second-order valence-electron chi connectivity index (χ2n) is 6.74. The zero-order chi connectivity index (χ0) is 16.5. The van der Waals surface area contributed by atoms with E-state index in [-0.39, 0.29) is 17.2 Å². The number of carbonyl (C=O) groups excluding carboxylic acids is 1. The molecule has 1 aliphatic rings. The molecule has 0 N–H and O–H groups in total. The molecule has 1 saturated heterocycles. The lowest BCUT2D eigenvalue weighted by Crippen LogP contribution is -2.40. The van der Waals surface area contributed by atoms with Crippen molar-refractivity contribution in [2.75, 3.05) is 13.1 Å². The van der Waals surface area contributed by atoms with Gasteiger partial charge in [-0.05, 0) is 19.8 Å². The van der Waals surface area contributed by atoms with E-state index >= 15 is 0 Å². The van der Waals surface area contributed by atoms with Crippen LogP contribution in [0.4, 0.5) is 0 Å². The number of hydrogen-bond donors (Lipinski definition) is 0. The lowest BCUT2D eigenvalue weighted by Gasteiger charge is -2.19. The topological polar surface area (TPSA) is 93.4 Å². The Labute approximate surface area is 131 Å². The summed E-state index contributed by atoms with van der Waals surface area (Å²) in [6, 6.07) is 0. The lowest BCUT2D eigenvalue weighted by molar-refractivity contribution is -0.129. The summed E-state index contributed by atoms with van der Waals surface area (Å²) in [4.78, 5) is 18.0. The van der Waals surface area contributed by atoms with Gasteiger partial charge >= 0.3 is 0 Å². The number of amides is 1. The van der Waals surface area contributed by atoms with E-state index in [0.717, 1.165) is 12.8 Å². The van der Waals surface area contributed by atoms with Crippen molar-refractivity contribution in [2.45, 2.75) is 57.0 Å². The second kappa shape index (κ2) is 5.98. The number of nitrogens with zero attached hydrogens (tertiary/aromatic N) is 3. The van der Waals surface area contributed by atoms with E-state index in [1.807, 2.05) is 20.8 Å². The summed E-state index contributed by atoms with van der Waals surface area (Å²) in [5, 5.41) is 2.72. The first kappa shape index (κ1) is 16.9. The van der Waals surface area contributed by atoms with Crippen molar-refractivity contribution in [2.24, 2.45) is 0 Å². The van der Waals surface area contributed by atoms with Gasteiger partial charge in [-0.25, -0.2) is 8.42 Å². The predicted molar refractivity (Wildman–Crippen MR) is 80.9 cm³/mol. The van der Waals surface area contributed by atoms with Gasteiger partial charge in [-0.15, -0.1) is 0 Å². The van der Waals surface area contributed by atoms with E-state index in [4.69, 9.17) is 4.52 Å². The van der Waals surface area contributed by atoms with Crippen LogP contribution in [0.5, 0.6) is 0 Å². The van der Waals surface area contributed by atoms with Gasteiger partial charge in [-0.2, -0.15) is 4.98 Å². The van der Waals surface area contributed by atoms with Crippen molar-refractivity contribution < 1.29 is 17.7 Å². The van der Waals surface area contributed by atoms with Gasteiger partial charge in [0.05, 0.1) is 0 Å². The second-order valence-corrected chi connectivity index (χ2v) is 9.07. The van der Waals surface area contributed by atoms with Crippen molar-refractivity contribution in [3.8, 4) is 0 Å². The minimum atomic E-state index is -3.67. The molecule has 1 aliphatic heterocycles. The highest BCUT2D eigenvalue weighted by atomic mass is 32.2. The minimum absolute atomic E-state index is 0.0333. The molecule has 2 rings (SSSR count). The first-order valence-electron chi connectivity index (χ1n) is 7.44. The molecule has 2 heterocycles. The first-order valence-corrected chi connectivity index (χ1v) is 9.16. The summed E-state index contributed by atoms with van der Waals surface area (Å²) in [7, 11) is -3.67. The predicted octanol–water partition coefficient (Wildman–Crippen LogP) is 1.29. The highest BCUT2D eigenvalue weighted by molar-refractivity contribution is 7.92. The Morgan fingerprint density at radius 3 is 2.41 bits per heavy atom. The monoisotopic (exact) mass is 329 g/mol. The van der Waals surface area contributed by atoms with Crippen molar-refractivity contribution >= 4 is 15.7 Å². The normalized spacial score (nSPS) is 17.7. The van der Waals surface area contributed by atoms with Gasteiger partial charge in [0.2, 0.25) is 11.8 Å². The summed E-state index contributed by atoms with van der Waals surface area (Å²) in [6.07, 6.45) is 1.86. The van der Waals surface area contributed by atoms with Crippen LogP contribution in [-0.4, -0.2) is 47.7 Å². The Morgan fingerprint density at radius 1 is 1.32 bits per heavy atom. The highest BCUT2D eigenvalue weighted by Gasteiger charge is 2.34. The molecule has 0 aliphatic carbocycles. The van der Waals surface area contributed by atoms with Gasteiger partial charge in [-0.3, -0.25) is 4.79 Å². The van der Waals surface area contributed by atoms with Crippen molar-refractivity contribution in [1.82, 2.24) is 15.0 Å². The molecule has 1 amide bonds. The lowest BCUT2D eigenvalue weighted by atomic mass is 9.96. The van der Waals surface area contributed by atoms with Crippen LogP contribution in [0, 0.1) is 0 Å². The average molecular weight is 329 g/mol. The van der Waals surface area contributed by atoms with Gasteiger partial charge in [0.15, 0.2) is 15.7 Å². The largest absolute Gasteiger partial charge is 0.342 e. The highest BCUT2D eigenvalue weighted by Crippen LogP contribution is 2.20. The van der Waals surface area contributed by atoms with E-state index in [9.17, 15) is 13.2 Å². The SMILES string of the molecule is C[C@H](C(=O)N1CCCC1)S(=O)(=O)Cc1nc(C(C)(C)C)no1. The van der Waals surface area contributed by atoms with E-state index in [0.29, 0.717) is 18.9 Å². The number of hydrogen-bond acceptors (Lipinski definition) is 6. The maximum atomic E-state index is 12.4. The van der Waals surface area contributed by atoms with Crippen LogP contribution in [0.1, 0.15) is 52.3 Å². The molecule has 7 nitrogen and oxygen atoms in total. The third-order valence-electron chi connectivity index (χ3n) is 3.77. The summed E-state index contributed by atoms with van der Waals surface area (Å²) in [5.74, 6) is -0.258. The molecule has 0 saturated carbocycles. The summed E-state index contributed by atoms with van der Waals surface area (Å²) in [6.45, 7) is 8.43. The van der Waals surface area contributed by atoms with Crippen LogP contribution in [0.3, 0.4) is 0 Å². The zero-order valence-corrected chi connectivity index (χ0v) is 14.3. The standard InChI is InChI=1S/C14H23N3O4S/c1-10(12(18)17-7-5-6-8-17)22(19,20)9-11-15-13(16-21-11)14(2,3)4/h10H,5-9H2,1-4H3/t10-/m1/s1. The van der Waals surface area contributed by atoms with Gasteiger partial charge in [0, 0.05) is 18.5 Å². The molecule has 1 aromatic heterocycles. The van der Waals surface area contributed by atoms with Gasteiger partial charge < -0.3 is 9.42 Å². The molecule has 124 valence electrons. The van der Waals surface area contributed by atoms with Gasteiger partial charge in [0.25, 0.3) is 0 Å². The molecule has 0 bridgehead atoms. The number of rotatable bonds is 4. The van der Waals surface area contributed by atoms with Gasteiger partial charge in [-0.1, -0.05) is 25.9 Å². The van der Waals surface area contributed by atoms with Crippen LogP contribution in [-0.2, 0) is 25.8 Å².